The van der Waals surface area contributed by atoms with Crippen molar-refractivity contribution < 1.29 is 10.2 Å². The third kappa shape index (κ3) is 2.22. The van der Waals surface area contributed by atoms with Crippen molar-refractivity contribution in [1.82, 2.24) is 0 Å². The highest BCUT2D eigenvalue weighted by molar-refractivity contribution is 5.72. The third-order valence-electron chi connectivity index (χ3n) is 2.87. The third-order valence-corrected chi connectivity index (χ3v) is 2.87. The summed E-state index contributed by atoms with van der Waals surface area (Å²) in [7, 11) is 0. The van der Waals surface area contributed by atoms with Crippen molar-refractivity contribution in [1.29, 1.82) is 0 Å². The lowest BCUT2D eigenvalue weighted by molar-refractivity contribution is 0.408. The van der Waals surface area contributed by atoms with Crippen LogP contribution in [-0.2, 0) is 11.2 Å². The molecule has 6 N–H and O–H groups in total. The molecule has 2 rings (SSSR count). The second-order valence-electron chi connectivity index (χ2n) is 3.96. The highest BCUT2D eigenvalue weighted by Gasteiger charge is 2.24. The predicted octanol–water partition coefficient (Wildman–Crippen LogP) is 0.584. The molecule has 1 atom stereocenters. The average Bonchev–Trinajstić information content (AvgIpc) is 2.94. The van der Waals surface area contributed by atoms with E-state index in [1.165, 1.54) is 5.56 Å². The molecule has 84 valence electrons. The van der Waals surface area contributed by atoms with Crippen molar-refractivity contribution in [3.8, 4) is 0 Å². The zero-order chi connectivity index (χ0) is 10.3. The van der Waals surface area contributed by atoms with E-state index in [2.05, 4.69) is 13.0 Å². The first kappa shape index (κ1) is 11.8. The van der Waals surface area contributed by atoms with Gasteiger partial charge in [-0.05, 0) is 30.5 Å². The highest BCUT2D eigenvalue weighted by Crippen LogP contribution is 2.29. The van der Waals surface area contributed by atoms with E-state index in [0.717, 1.165) is 35.5 Å². The number of rotatable bonds is 2. The Bertz CT molecular complexity index is 373. The van der Waals surface area contributed by atoms with Gasteiger partial charge in [-0.1, -0.05) is 6.07 Å². The molecule has 1 aromatic rings. The zero-order valence-corrected chi connectivity index (χ0v) is 9.13. The zero-order valence-electron chi connectivity index (χ0n) is 9.13. The van der Waals surface area contributed by atoms with E-state index >= 15 is 0 Å². The van der Waals surface area contributed by atoms with Gasteiger partial charge in [0, 0.05) is 6.42 Å². The Hall–Kier alpha value is -1.26. The van der Waals surface area contributed by atoms with Crippen molar-refractivity contribution >= 4 is 11.4 Å². The van der Waals surface area contributed by atoms with Gasteiger partial charge in [0.15, 0.2) is 0 Å². The van der Waals surface area contributed by atoms with Crippen LogP contribution < -0.4 is 11.5 Å². The second-order valence-corrected chi connectivity index (χ2v) is 3.96. The lowest BCUT2D eigenvalue weighted by atomic mass is 9.99. The fraction of sp³-hybridized carbons (Fsp3) is 0.455. The summed E-state index contributed by atoms with van der Waals surface area (Å²) in [6, 6.07) is 2.11. The van der Waals surface area contributed by atoms with Crippen molar-refractivity contribution in [3.63, 3.8) is 0 Å². The normalized spacial score (nSPS) is 18.4. The van der Waals surface area contributed by atoms with Gasteiger partial charge >= 0.3 is 0 Å². The Labute approximate surface area is 89.5 Å². The molecule has 1 saturated heterocycles. The van der Waals surface area contributed by atoms with Crippen molar-refractivity contribution in [2.45, 2.75) is 26.4 Å². The van der Waals surface area contributed by atoms with Crippen LogP contribution in [0.4, 0.5) is 11.4 Å². The van der Waals surface area contributed by atoms with Gasteiger partial charge in [0.25, 0.3) is 0 Å². The summed E-state index contributed by atoms with van der Waals surface area (Å²) >= 11 is 0. The number of hydrogen-bond donors (Lipinski definition) is 2. The number of aryl methyl sites for hydroxylation is 1. The first-order valence-electron chi connectivity index (χ1n) is 4.85. The topological polar surface area (TPSA) is 96.1 Å². The average molecular weight is 210 g/mol. The van der Waals surface area contributed by atoms with Crippen molar-refractivity contribution in [3.05, 3.63) is 22.8 Å². The van der Waals surface area contributed by atoms with Gasteiger partial charge in [-0.2, -0.15) is 0 Å². The standard InChI is InChI=1S/C11H16N2O.H2O/c1-6-3-8(4-9-5-14-9)11(13)10(12)7(6)2;/h3,9H,4-5,12-13H2,1-2H3;1H2. The molecule has 0 bridgehead atoms. The molecule has 0 spiro atoms. The lowest BCUT2D eigenvalue weighted by Crippen LogP contribution is -2.06. The highest BCUT2D eigenvalue weighted by atomic mass is 16.6. The van der Waals surface area contributed by atoms with E-state index < -0.39 is 0 Å². The van der Waals surface area contributed by atoms with E-state index in [1.807, 2.05) is 6.92 Å². The second kappa shape index (κ2) is 4.08. The summed E-state index contributed by atoms with van der Waals surface area (Å²) in [5.41, 5.74) is 16.7. The minimum absolute atomic E-state index is 0. The van der Waals surface area contributed by atoms with Crippen LogP contribution in [0.25, 0.3) is 0 Å². The molecule has 0 radical (unpaired) electrons. The van der Waals surface area contributed by atoms with E-state index in [1.54, 1.807) is 0 Å². The maximum absolute atomic E-state index is 5.95. The first-order chi connectivity index (χ1) is 6.59. The number of nitrogen functional groups attached to an aromatic ring is 2. The Morgan fingerprint density at radius 3 is 2.47 bits per heavy atom. The van der Waals surface area contributed by atoms with Crippen LogP contribution in [0.1, 0.15) is 16.7 Å². The largest absolute Gasteiger partial charge is 0.412 e. The number of epoxide rings is 1. The van der Waals surface area contributed by atoms with Gasteiger partial charge in [0.1, 0.15) is 0 Å². The molecular weight excluding hydrogens is 192 g/mol. The number of benzene rings is 1. The summed E-state index contributed by atoms with van der Waals surface area (Å²) in [6.07, 6.45) is 1.25. The predicted molar refractivity (Wildman–Crippen MR) is 61.8 cm³/mol. The van der Waals surface area contributed by atoms with Crippen molar-refractivity contribution in [2.24, 2.45) is 0 Å². The van der Waals surface area contributed by atoms with Crippen LogP contribution in [0.5, 0.6) is 0 Å². The van der Waals surface area contributed by atoms with E-state index in [-0.39, 0.29) is 5.48 Å². The molecule has 1 aliphatic heterocycles. The van der Waals surface area contributed by atoms with E-state index in [9.17, 15) is 0 Å². The van der Waals surface area contributed by atoms with Crippen molar-refractivity contribution in [2.75, 3.05) is 18.1 Å². The van der Waals surface area contributed by atoms with Gasteiger partial charge in [0.2, 0.25) is 0 Å². The molecule has 1 fully saturated rings. The van der Waals surface area contributed by atoms with E-state index in [0.29, 0.717) is 6.10 Å². The number of nitrogens with two attached hydrogens (primary N) is 2. The van der Waals surface area contributed by atoms with Crippen LogP contribution in [0, 0.1) is 13.8 Å². The molecule has 15 heavy (non-hydrogen) atoms. The molecular formula is C11H18N2O2. The Morgan fingerprint density at radius 2 is 1.93 bits per heavy atom. The molecule has 0 saturated carbocycles. The van der Waals surface area contributed by atoms with Crippen LogP contribution in [0.2, 0.25) is 0 Å². The maximum atomic E-state index is 5.95. The number of hydrogen-bond acceptors (Lipinski definition) is 3. The number of ether oxygens (including phenoxy) is 1. The van der Waals surface area contributed by atoms with Crippen LogP contribution in [0.3, 0.4) is 0 Å². The molecule has 1 heterocycles. The molecule has 1 unspecified atom stereocenters. The van der Waals surface area contributed by atoms with Gasteiger partial charge in [-0.15, -0.1) is 0 Å². The maximum Gasteiger partial charge on any atom is 0.0850 e. The summed E-state index contributed by atoms with van der Waals surface area (Å²) in [5.74, 6) is 0. The van der Waals surface area contributed by atoms with E-state index in [4.69, 9.17) is 16.2 Å². The minimum atomic E-state index is 0. The van der Waals surface area contributed by atoms with Crippen LogP contribution in [0.15, 0.2) is 6.07 Å². The van der Waals surface area contributed by atoms with Gasteiger partial charge in [-0.3, -0.25) is 0 Å². The SMILES string of the molecule is Cc1cc(CC2CO2)c(N)c(N)c1C.O. The Morgan fingerprint density at radius 1 is 1.33 bits per heavy atom. The quantitative estimate of drug-likeness (QED) is 0.552. The van der Waals surface area contributed by atoms with Gasteiger partial charge < -0.3 is 21.7 Å². The van der Waals surface area contributed by atoms with Gasteiger partial charge in [0.05, 0.1) is 24.1 Å². The molecule has 4 nitrogen and oxygen atoms in total. The molecule has 0 amide bonds. The minimum Gasteiger partial charge on any atom is -0.412 e. The summed E-state index contributed by atoms with van der Waals surface area (Å²) in [5, 5.41) is 0. The fourth-order valence-corrected chi connectivity index (χ4v) is 1.63. The Balaban J connectivity index is 0.00000112. The molecule has 0 aromatic heterocycles. The molecule has 0 aliphatic carbocycles. The lowest BCUT2D eigenvalue weighted by Gasteiger charge is -2.12. The summed E-state index contributed by atoms with van der Waals surface area (Å²) in [6.45, 7) is 4.91. The monoisotopic (exact) mass is 210 g/mol. The molecule has 1 aromatic carbocycles. The summed E-state index contributed by atoms with van der Waals surface area (Å²) < 4.78 is 5.18. The molecule has 1 aliphatic rings. The Kier molecular flexibility index (Phi) is 3.21. The van der Waals surface area contributed by atoms with Gasteiger partial charge in [-0.25, -0.2) is 0 Å². The van der Waals surface area contributed by atoms with Crippen LogP contribution in [-0.4, -0.2) is 18.2 Å². The molecule has 4 heteroatoms. The number of anilines is 2. The van der Waals surface area contributed by atoms with Crippen LogP contribution >= 0.6 is 0 Å². The first-order valence-corrected chi connectivity index (χ1v) is 4.85. The smallest absolute Gasteiger partial charge is 0.0850 e. The fourth-order valence-electron chi connectivity index (χ4n) is 1.63. The summed E-state index contributed by atoms with van der Waals surface area (Å²) in [4.78, 5) is 0.